The van der Waals surface area contributed by atoms with Gasteiger partial charge in [0.25, 0.3) is 15.9 Å². The van der Waals surface area contributed by atoms with Gasteiger partial charge in [-0.25, -0.2) is 17.5 Å². The number of halogens is 2. The van der Waals surface area contributed by atoms with Crippen LogP contribution in [0.15, 0.2) is 47.4 Å². The highest BCUT2D eigenvalue weighted by molar-refractivity contribution is 7.90. The first-order valence-corrected chi connectivity index (χ1v) is 8.45. The number of hydrogen-bond acceptors (Lipinski definition) is 4. The minimum Gasteiger partial charge on any atom is -0.322 e. The van der Waals surface area contributed by atoms with Gasteiger partial charge in [-0.2, -0.15) is 0 Å². The molecule has 0 fully saturated rings. The molecule has 0 aliphatic carbocycles. The van der Waals surface area contributed by atoms with E-state index in [1.165, 1.54) is 36.4 Å². The molecule has 2 rings (SSSR count). The molecule has 2 N–H and O–H groups in total. The molecule has 0 aliphatic rings. The van der Waals surface area contributed by atoms with E-state index in [0.29, 0.717) is 0 Å². The van der Waals surface area contributed by atoms with Gasteiger partial charge in [0.05, 0.1) is 15.5 Å². The molecule has 0 unspecified atom stereocenters. The Bertz CT molecular complexity index is 878. The van der Waals surface area contributed by atoms with E-state index in [2.05, 4.69) is 5.32 Å². The zero-order valence-corrected chi connectivity index (χ0v) is 13.9. The maximum atomic E-state index is 13.7. The maximum Gasteiger partial charge on any atom is 0.264 e. The average molecular weight is 371 g/mol. The molecule has 0 aliphatic heterocycles. The van der Waals surface area contributed by atoms with E-state index >= 15 is 0 Å². The smallest absolute Gasteiger partial charge is 0.264 e. The minimum atomic E-state index is -3.96. The Morgan fingerprint density at radius 3 is 2.25 bits per heavy atom. The van der Waals surface area contributed by atoms with Crippen LogP contribution in [0.5, 0.6) is 0 Å². The molecule has 0 radical (unpaired) electrons. The summed E-state index contributed by atoms with van der Waals surface area (Å²) in [6.07, 6.45) is 0. The molecule has 2 aromatic rings. The van der Waals surface area contributed by atoms with Gasteiger partial charge in [0.2, 0.25) is 5.91 Å². The van der Waals surface area contributed by atoms with Gasteiger partial charge in [-0.05, 0) is 36.4 Å². The van der Waals surface area contributed by atoms with Crippen molar-refractivity contribution in [3.63, 3.8) is 0 Å². The monoisotopic (exact) mass is 370 g/mol. The summed E-state index contributed by atoms with van der Waals surface area (Å²) in [6.45, 7) is 1.07. The molecule has 0 heterocycles. The second kappa shape index (κ2) is 6.98. The number of hydrogen-bond donors (Lipinski definition) is 2. The quantitative estimate of drug-likeness (QED) is 0.865. The highest BCUT2D eigenvalue weighted by Gasteiger charge is 2.17. The molecule has 9 heteroatoms. The summed E-state index contributed by atoms with van der Waals surface area (Å²) in [5, 5.41) is 2.37. The molecule has 0 atom stereocenters. The number of carbonyl (C=O) groups excluding carboxylic acids is 2. The Morgan fingerprint density at radius 2 is 1.71 bits per heavy atom. The number of anilines is 1. The number of benzene rings is 2. The number of sulfonamides is 1. The molecule has 0 aromatic heterocycles. The van der Waals surface area contributed by atoms with E-state index in [-0.39, 0.29) is 21.2 Å². The van der Waals surface area contributed by atoms with E-state index in [1.54, 1.807) is 0 Å². The Balaban J connectivity index is 2.21. The van der Waals surface area contributed by atoms with Crippen LogP contribution >= 0.6 is 11.6 Å². The molecular formula is C15H12ClFN2O4S. The Morgan fingerprint density at radius 1 is 1.08 bits per heavy atom. The zero-order valence-electron chi connectivity index (χ0n) is 12.3. The average Bonchev–Trinajstić information content (AvgIpc) is 2.46. The molecule has 0 saturated carbocycles. The summed E-state index contributed by atoms with van der Waals surface area (Å²) in [7, 11) is -3.96. The lowest BCUT2D eigenvalue weighted by Gasteiger charge is -2.09. The summed E-state index contributed by atoms with van der Waals surface area (Å²) in [5.41, 5.74) is -0.0739. The fourth-order valence-corrected chi connectivity index (χ4v) is 3.11. The van der Waals surface area contributed by atoms with Gasteiger partial charge >= 0.3 is 0 Å². The highest BCUT2D eigenvalue weighted by Crippen LogP contribution is 2.21. The molecule has 0 saturated heterocycles. The topological polar surface area (TPSA) is 92.3 Å². The van der Waals surface area contributed by atoms with E-state index in [1.807, 2.05) is 4.72 Å². The standard InChI is InChI=1S/C15H12ClFN2O4S/c1-9(20)19-24(22,23)11-7-5-10(6-8-11)18-15(21)14-12(16)3-2-4-13(14)17/h2-8H,1H3,(H,18,21)(H,19,20). The molecule has 126 valence electrons. The minimum absolute atomic E-state index is 0.0441. The van der Waals surface area contributed by atoms with Gasteiger partial charge in [-0.3, -0.25) is 9.59 Å². The maximum absolute atomic E-state index is 13.7. The lowest BCUT2D eigenvalue weighted by atomic mass is 10.2. The summed E-state index contributed by atoms with van der Waals surface area (Å²) in [6, 6.07) is 8.86. The first-order valence-electron chi connectivity index (χ1n) is 6.59. The van der Waals surface area contributed by atoms with E-state index < -0.39 is 27.7 Å². The Kier molecular flexibility index (Phi) is 5.20. The largest absolute Gasteiger partial charge is 0.322 e. The third-order valence-corrected chi connectivity index (χ3v) is 4.65. The molecule has 2 aromatic carbocycles. The summed E-state index contributed by atoms with van der Waals surface area (Å²) in [5.74, 6) is -2.26. The van der Waals surface area contributed by atoms with Crippen molar-refractivity contribution in [2.45, 2.75) is 11.8 Å². The first-order chi connectivity index (χ1) is 11.2. The highest BCUT2D eigenvalue weighted by atomic mass is 35.5. The first kappa shape index (κ1) is 17.9. The predicted octanol–water partition coefficient (Wildman–Crippen LogP) is 2.56. The van der Waals surface area contributed by atoms with Gasteiger partial charge in [0.15, 0.2) is 0 Å². The van der Waals surface area contributed by atoms with Crippen molar-refractivity contribution < 1.29 is 22.4 Å². The fraction of sp³-hybridized carbons (Fsp3) is 0.0667. The van der Waals surface area contributed by atoms with Crippen LogP contribution < -0.4 is 10.0 Å². The van der Waals surface area contributed by atoms with Crippen LogP contribution in [0.2, 0.25) is 5.02 Å². The van der Waals surface area contributed by atoms with Crippen LogP contribution in [-0.4, -0.2) is 20.2 Å². The normalized spacial score (nSPS) is 11.0. The van der Waals surface area contributed by atoms with Crippen molar-refractivity contribution in [3.8, 4) is 0 Å². The second-order valence-corrected chi connectivity index (χ2v) is 6.83. The summed E-state index contributed by atoms with van der Waals surface area (Å²) in [4.78, 5) is 22.8. The molecule has 0 bridgehead atoms. The van der Waals surface area contributed by atoms with Gasteiger partial charge in [-0.15, -0.1) is 0 Å². The van der Waals surface area contributed by atoms with Gasteiger partial charge < -0.3 is 5.32 Å². The van der Waals surface area contributed by atoms with Crippen LogP contribution in [0.4, 0.5) is 10.1 Å². The Hall–Kier alpha value is -2.45. The predicted molar refractivity (Wildman–Crippen MR) is 86.8 cm³/mol. The van der Waals surface area contributed by atoms with Crippen molar-refractivity contribution in [1.29, 1.82) is 0 Å². The number of rotatable bonds is 4. The summed E-state index contributed by atoms with van der Waals surface area (Å²) < 4.78 is 39.1. The van der Waals surface area contributed by atoms with Gasteiger partial charge in [0.1, 0.15) is 5.82 Å². The molecule has 0 spiro atoms. The fourth-order valence-electron chi connectivity index (χ4n) is 1.87. The third-order valence-electron chi connectivity index (χ3n) is 2.89. The van der Waals surface area contributed by atoms with E-state index in [0.717, 1.165) is 13.0 Å². The molecule has 2 amide bonds. The molecule has 24 heavy (non-hydrogen) atoms. The van der Waals surface area contributed by atoms with Gasteiger partial charge in [-0.1, -0.05) is 17.7 Å². The van der Waals surface area contributed by atoms with Crippen LogP contribution in [0.25, 0.3) is 0 Å². The number of carbonyl (C=O) groups is 2. The van der Waals surface area contributed by atoms with Crippen molar-refractivity contribution in [2.75, 3.05) is 5.32 Å². The van der Waals surface area contributed by atoms with Crippen molar-refractivity contribution in [2.24, 2.45) is 0 Å². The van der Waals surface area contributed by atoms with Crippen LogP contribution in [0, 0.1) is 5.82 Å². The van der Waals surface area contributed by atoms with Gasteiger partial charge in [0, 0.05) is 12.6 Å². The zero-order chi connectivity index (χ0) is 17.9. The lowest BCUT2D eigenvalue weighted by molar-refractivity contribution is -0.117. The summed E-state index contributed by atoms with van der Waals surface area (Å²) >= 11 is 5.80. The van der Waals surface area contributed by atoms with E-state index in [9.17, 15) is 22.4 Å². The third kappa shape index (κ3) is 4.09. The van der Waals surface area contributed by atoms with Crippen molar-refractivity contribution in [3.05, 3.63) is 58.9 Å². The van der Waals surface area contributed by atoms with Crippen LogP contribution in [0.3, 0.4) is 0 Å². The SMILES string of the molecule is CC(=O)NS(=O)(=O)c1ccc(NC(=O)c2c(F)cccc2Cl)cc1. The molecule has 6 nitrogen and oxygen atoms in total. The lowest BCUT2D eigenvalue weighted by Crippen LogP contribution is -2.28. The second-order valence-electron chi connectivity index (χ2n) is 4.74. The number of amides is 2. The Labute approximate surface area is 142 Å². The molecular weight excluding hydrogens is 359 g/mol. The van der Waals surface area contributed by atoms with Crippen molar-refractivity contribution in [1.82, 2.24) is 4.72 Å². The van der Waals surface area contributed by atoms with Crippen LogP contribution in [-0.2, 0) is 14.8 Å². The van der Waals surface area contributed by atoms with E-state index in [4.69, 9.17) is 11.6 Å². The van der Waals surface area contributed by atoms with Crippen LogP contribution in [0.1, 0.15) is 17.3 Å². The number of nitrogens with one attached hydrogen (secondary N) is 2. The van der Waals surface area contributed by atoms with Crippen molar-refractivity contribution >= 4 is 39.1 Å².